The summed E-state index contributed by atoms with van der Waals surface area (Å²) in [6.45, 7) is 5.13. The molecule has 0 saturated heterocycles. The lowest BCUT2D eigenvalue weighted by Gasteiger charge is -2.16. The number of hydrogen-bond acceptors (Lipinski definition) is 2. The molecule has 17 heavy (non-hydrogen) atoms. The van der Waals surface area contributed by atoms with Crippen LogP contribution in [0.15, 0.2) is 48.7 Å². The van der Waals surface area contributed by atoms with Gasteiger partial charge >= 0.3 is 0 Å². The fourth-order valence-corrected chi connectivity index (χ4v) is 1.94. The van der Waals surface area contributed by atoms with Gasteiger partial charge in [-0.15, -0.1) is 0 Å². The van der Waals surface area contributed by atoms with Crippen molar-refractivity contribution in [2.24, 2.45) is 0 Å². The molecule has 2 rings (SSSR count). The van der Waals surface area contributed by atoms with E-state index in [9.17, 15) is 0 Å². The van der Waals surface area contributed by atoms with E-state index in [1.807, 2.05) is 24.4 Å². The van der Waals surface area contributed by atoms with Crippen molar-refractivity contribution < 1.29 is 0 Å². The third kappa shape index (κ3) is 3.14. The van der Waals surface area contributed by atoms with Gasteiger partial charge in [0, 0.05) is 18.8 Å². The highest BCUT2D eigenvalue weighted by atomic mass is 14.9. The molecule has 0 radical (unpaired) electrons. The number of aryl methyl sites for hydroxylation is 1. The first-order chi connectivity index (χ1) is 8.27. The minimum Gasteiger partial charge on any atom is -0.305 e. The number of aromatic nitrogens is 1. The van der Waals surface area contributed by atoms with Crippen molar-refractivity contribution in [2.75, 3.05) is 0 Å². The zero-order valence-electron chi connectivity index (χ0n) is 10.4. The van der Waals surface area contributed by atoms with Gasteiger partial charge in [-0.25, -0.2) is 0 Å². The van der Waals surface area contributed by atoms with Crippen molar-refractivity contribution in [1.29, 1.82) is 0 Å². The van der Waals surface area contributed by atoms with E-state index in [2.05, 4.69) is 48.4 Å². The van der Waals surface area contributed by atoms with E-state index in [1.54, 1.807) is 0 Å². The highest BCUT2D eigenvalue weighted by Gasteiger charge is 2.06. The quantitative estimate of drug-likeness (QED) is 0.865. The smallest absolute Gasteiger partial charge is 0.0541 e. The second kappa shape index (κ2) is 5.60. The summed E-state index contributed by atoms with van der Waals surface area (Å²) in [7, 11) is 0. The van der Waals surface area contributed by atoms with E-state index < -0.39 is 0 Å². The summed E-state index contributed by atoms with van der Waals surface area (Å²) < 4.78 is 0. The van der Waals surface area contributed by atoms with Gasteiger partial charge in [-0.2, -0.15) is 0 Å². The van der Waals surface area contributed by atoms with Crippen LogP contribution in [0.25, 0.3) is 0 Å². The Kier molecular flexibility index (Phi) is 3.89. The molecule has 1 aromatic heterocycles. The molecular weight excluding hydrogens is 208 g/mol. The Balaban J connectivity index is 1.99. The van der Waals surface area contributed by atoms with Gasteiger partial charge in [-0.05, 0) is 37.1 Å². The largest absolute Gasteiger partial charge is 0.305 e. The van der Waals surface area contributed by atoms with Gasteiger partial charge in [0.05, 0.1) is 5.69 Å². The standard InChI is InChI=1S/C15H18N2/c1-12-7-3-4-9-15(12)13(2)17-11-14-8-5-6-10-16-14/h3-10,13,17H,11H2,1-2H3/t13-/m1/s1. The van der Waals surface area contributed by atoms with Crippen molar-refractivity contribution in [3.63, 3.8) is 0 Å². The molecule has 1 heterocycles. The van der Waals surface area contributed by atoms with Crippen molar-refractivity contribution in [1.82, 2.24) is 10.3 Å². The second-order valence-corrected chi connectivity index (χ2v) is 4.28. The number of benzene rings is 1. The average molecular weight is 226 g/mol. The first-order valence-electron chi connectivity index (χ1n) is 5.96. The molecule has 2 aromatic rings. The molecule has 1 aromatic carbocycles. The minimum absolute atomic E-state index is 0.346. The Morgan fingerprint density at radius 1 is 1.12 bits per heavy atom. The summed E-state index contributed by atoms with van der Waals surface area (Å²) >= 11 is 0. The summed E-state index contributed by atoms with van der Waals surface area (Å²) in [6, 6.07) is 14.8. The van der Waals surface area contributed by atoms with E-state index >= 15 is 0 Å². The molecule has 0 aliphatic carbocycles. The van der Waals surface area contributed by atoms with Crippen molar-refractivity contribution in [3.8, 4) is 0 Å². The number of pyridine rings is 1. The summed E-state index contributed by atoms with van der Waals surface area (Å²) in [5, 5.41) is 3.49. The number of nitrogens with one attached hydrogen (secondary N) is 1. The fourth-order valence-electron chi connectivity index (χ4n) is 1.94. The molecule has 0 fully saturated rings. The molecule has 1 atom stereocenters. The van der Waals surface area contributed by atoms with Crippen LogP contribution in [0.2, 0.25) is 0 Å². The molecule has 0 unspecified atom stereocenters. The Bertz CT molecular complexity index is 465. The van der Waals surface area contributed by atoms with Gasteiger partial charge in [0.1, 0.15) is 0 Å². The Morgan fingerprint density at radius 3 is 2.59 bits per heavy atom. The maximum atomic E-state index is 4.30. The summed E-state index contributed by atoms with van der Waals surface area (Å²) in [5.74, 6) is 0. The molecule has 2 nitrogen and oxygen atoms in total. The van der Waals surface area contributed by atoms with Crippen molar-refractivity contribution in [2.45, 2.75) is 26.4 Å². The van der Waals surface area contributed by atoms with Crippen molar-refractivity contribution >= 4 is 0 Å². The average Bonchev–Trinajstić information content (AvgIpc) is 2.38. The highest BCUT2D eigenvalue weighted by Crippen LogP contribution is 2.16. The van der Waals surface area contributed by atoms with E-state index in [4.69, 9.17) is 0 Å². The molecule has 0 aliphatic heterocycles. The molecule has 0 spiro atoms. The summed E-state index contributed by atoms with van der Waals surface area (Å²) in [5.41, 5.74) is 3.75. The van der Waals surface area contributed by atoms with Crippen LogP contribution < -0.4 is 5.32 Å². The van der Waals surface area contributed by atoms with Crippen LogP contribution in [0.4, 0.5) is 0 Å². The molecule has 0 amide bonds. The van der Waals surface area contributed by atoms with Crippen LogP contribution in [0.3, 0.4) is 0 Å². The predicted octanol–water partition coefficient (Wildman–Crippen LogP) is 3.24. The van der Waals surface area contributed by atoms with Gasteiger partial charge in [0.25, 0.3) is 0 Å². The zero-order valence-corrected chi connectivity index (χ0v) is 10.4. The van der Waals surface area contributed by atoms with E-state index in [0.717, 1.165) is 12.2 Å². The fraction of sp³-hybridized carbons (Fsp3) is 0.267. The zero-order chi connectivity index (χ0) is 12.1. The van der Waals surface area contributed by atoms with E-state index in [-0.39, 0.29) is 0 Å². The van der Waals surface area contributed by atoms with E-state index in [0.29, 0.717) is 6.04 Å². The lowest BCUT2D eigenvalue weighted by atomic mass is 10.0. The number of rotatable bonds is 4. The van der Waals surface area contributed by atoms with Gasteiger partial charge in [0.15, 0.2) is 0 Å². The minimum atomic E-state index is 0.346. The lowest BCUT2D eigenvalue weighted by Crippen LogP contribution is -2.19. The SMILES string of the molecule is Cc1ccccc1[C@@H](C)NCc1ccccn1. The van der Waals surface area contributed by atoms with Crippen LogP contribution >= 0.6 is 0 Å². The first-order valence-corrected chi connectivity index (χ1v) is 5.96. The second-order valence-electron chi connectivity index (χ2n) is 4.28. The van der Waals surface area contributed by atoms with Crippen LogP contribution in [-0.2, 0) is 6.54 Å². The van der Waals surface area contributed by atoms with E-state index in [1.165, 1.54) is 11.1 Å². The highest BCUT2D eigenvalue weighted by molar-refractivity contribution is 5.28. The molecule has 1 N–H and O–H groups in total. The van der Waals surface area contributed by atoms with Gasteiger partial charge < -0.3 is 5.32 Å². The maximum absolute atomic E-state index is 4.30. The summed E-state index contributed by atoms with van der Waals surface area (Å²) in [6.07, 6.45) is 1.83. The number of nitrogens with zero attached hydrogens (tertiary/aromatic N) is 1. The third-order valence-electron chi connectivity index (χ3n) is 2.97. The molecule has 0 aliphatic rings. The molecule has 88 valence electrons. The first kappa shape index (κ1) is 11.8. The van der Waals surface area contributed by atoms with Crippen LogP contribution in [-0.4, -0.2) is 4.98 Å². The topological polar surface area (TPSA) is 24.9 Å². The summed E-state index contributed by atoms with van der Waals surface area (Å²) in [4.78, 5) is 4.30. The monoisotopic (exact) mass is 226 g/mol. The van der Waals surface area contributed by atoms with Crippen LogP contribution in [0.5, 0.6) is 0 Å². The van der Waals surface area contributed by atoms with Gasteiger partial charge in [-0.1, -0.05) is 30.3 Å². The normalized spacial score (nSPS) is 12.4. The molecule has 0 bridgehead atoms. The molecule has 2 heteroatoms. The van der Waals surface area contributed by atoms with Crippen molar-refractivity contribution in [3.05, 3.63) is 65.5 Å². The molecular formula is C15H18N2. The van der Waals surface area contributed by atoms with Crippen LogP contribution in [0.1, 0.15) is 29.8 Å². The number of hydrogen-bond donors (Lipinski definition) is 1. The van der Waals surface area contributed by atoms with Gasteiger partial charge in [0.2, 0.25) is 0 Å². The third-order valence-corrected chi connectivity index (χ3v) is 2.97. The Hall–Kier alpha value is -1.67. The predicted molar refractivity (Wildman–Crippen MR) is 70.7 cm³/mol. The maximum Gasteiger partial charge on any atom is 0.0541 e. The molecule has 0 saturated carbocycles. The van der Waals surface area contributed by atoms with Gasteiger partial charge in [-0.3, -0.25) is 4.98 Å². The Labute approximate surface area is 103 Å². The lowest BCUT2D eigenvalue weighted by molar-refractivity contribution is 0.565. The van der Waals surface area contributed by atoms with Crippen LogP contribution in [0, 0.1) is 6.92 Å². The Morgan fingerprint density at radius 2 is 1.88 bits per heavy atom.